The Hall–Kier alpha value is -1.24. The maximum atomic E-state index is 5.10. The van der Waals surface area contributed by atoms with Crippen LogP contribution in [0.5, 0.6) is 5.75 Å². The van der Waals surface area contributed by atoms with Gasteiger partial charge in [-0.25, -0.2) is 0 Å². The number of ether oxygens (including phenoxy) is 1. The Kier molecular flexibility index (Phi) is 1.21. The average molecular weight is 130 g/mol. The summed E-state index contributed by atoms with van der Waals surface area (Å²) in [5, 5.41) is 0. The molecule has 1 aromatic rings. The molecule has 0 amide bonds. The second-order valence-corrected chi connectivity index (χ2v) is 2.16. The minimum Gasteiger partial charge on any atom is -0.453 e. The number of rotatable bonds is 0. The summed E-state index contributed by atoms with van der Waals surface area (Å²) < 4.78 is 5.10. The van der Waals surface area contributed by atoms with E-state index in [0.717, 1.165) is 12.2 Å². The predicted molar refractivity (Wildman–Crippen MR) is 37.4 cm³/mol. The largest absolute Gasteiger partial charge is 0.453 e. The van der Waals surface area contributed by atoms with E-state index < -0.39 is 0 Å². The van der Waals surface area contributed by atoms with Crippen molar-refractivity contribution in [3.63, 3.8) is 0 Å². The first-order chi connectivity index (χ1) is 4.97. The molecule has 0 saturated carbocycles. The fraction of sp³-hybridized carbons (Fsp3) is 0.111. The van der Waals surface area contributed by atoms with Gasteiger partial charge in [-0.2, -0.15) is 0 Å². The van der Waals surface area contributed by atoms with E-state index >= 15 is 0 Å². The van der Waals surface area contributed by atoms with E-state index in [-0.39, 0.29) is 0 Å². The van der Waals surface area contributed by atoms with Crippen LogP contribution in [0.2, 0.25) is 0 Å². The first kappa shape index (κ1) is 5.54. The first-order valence-electron chi connectivity index (χ1n) is 3.20. The summed E-state index contributed by atoms with van der Waals surface area (Å²) in [6, 6.07) is 8.67. The van der Waals surface area contributed by atoms with Crippen LogP contribution in [0.25, 0.3) is 0 Å². The molecule has 0 saturated heterocycles. The third-order valence-corrected chi connectivity index (χ3v) is 1.48. The Morgan fingerprint density at radius 2 is 2.50 bits per heavy atom. The molecule has 0 spiro atoms. The van der Waals surface area contributed by atoms with Gasteiger partial charge in [0.25, 0.3) is 0 Å². The van der Waals surface area contributed by atoms with Gasteiger partial charge >= 0.3 is 0 Å². The Morgan fingerprint density at radius 1 is 1.50 bits per heavy atom. The molecule has 1 heteroatoms. The van der Waals surface area contributed by atoms with Gasteiger partial charge in [-0.3, -0.25) is 0 Å². The van der Waals surface area contributed by atoms with Gasteiger partial charge in [-0.05, 0) is 36.3 Å². The smallest absolute Gasteiger partial charge is 0.165 e. The summed E-state index contributed by atoms with van der Waals surface area (Å²) in [5.74, 6) is 0.904. The van der Waals surface area contributed by atoms with Gasteiger partial charge in [0, 0.05) is 0 Å². The van der Waals surface area contributed by atoms with Crippen molar-refractivity contribution < 1.29 is 4.74 Å². The van der Waals surface area contributed by atoms with E-state index in [1.54, 1.807) is 0 Å². The third-order valence-electron chi connectivity index (χ3n) is 1.48. The molecule has 1 nitrogen and oxygen atoms in total. The van der Waals surface area contributed by atoms with Crippen LogP contribution in [0.15, 0.2) is 24.3 Å². The van der Waals surface area contributed by atoms with Crippen molar-refractivity contribution in [2.45, 2.75) is 6.42 Å². The highest BCUT2D eigenvalue weighted by atomic mass is 16.5. The van der Waals surface area contributed by atoms with Crippen LogP contribution < -0.4 is 4.74 Å². The van der Waals surface area contributed by atoms with Gasteiger partial charge in [0.05, 0.1) is 0 Å². The van der Waals surface area contributed by atoms with Crippen LogP contribution in [0.1, 0.15) is 5.56 Å². The van der Waals surface area contributed by atoms with Crippen LogP contribution >= 0.6 is 0 Å². The normalized spacial score (nSPS) is 14.0. The lowest BCUT2D eigenvalue weighted by Crippen LogP contribution is -1.95. The van der Waals surface area contributed by atoms with Crippen LogP contribution in [0, 0.1) is 12.3 Å². The topological polar surface area (TPSA) is 9.23 Å². The summed E-state index contributed by atoms with van der Waals surface area (Å²) in [5.41, 5.74) is 1.18. The van der Waals surface area contributed by atoms with Crippen molar-refractivity contribution >= 4 is 0 Å². The van der Waals surface area contributed by atoms with Gasteiger partial charge < -0.3 is 4.74 Å². The zero-order valence-corrected chi connectivity index (χ0v) is 5.42. The summed E-state index contributed by atoms with van der Waals surface area (Å²) >= 11 is 0. The summed E-state index contributed by atoms with van der Waals surface area (Å²) in [7, 11) is 0. The molecule has 10 heavy (non-hydrogen) atoms. The van der Waals surface area contributed by atoms with Crippen LogP contribution in [-0.2, 0) is 6.42 Å². The zero-order chi connectivity index (χ0) is 6.81. The van der Waals surface area contributed by atoms with Crippen molar-refractivity contribution in [1.29, 1.82) is 0 Å². The fourth-order valence-electron chi connectivity index (χ4n) is 0.967. The lowest BCUT2D eigenvalue weighted by molar-refractivity contribution is 0.436. The summed E-state index contributed by atoms with van der Waals surface area (Å²) in [6.45, 7) is 0. The van der Waals surface area contributed by atoms with Crippen molar-refractivity contribution in [2.75, 3.05) is 0 Å². The maximum absolute atomic E-state index is 5.10. The average Bonchev–Trinajstić information content (AvgIpc) is 2.05. The first-order valence-corrected chi connectivity index (χ1v) is 3.20. The molecule has 0 aliphatic carbocycles. The molecular formula is C9H6O. The Morgan fingerprint density at radius 3 is 3.40 bits per heavy atom. The lowest BCUT2D eigenvalue weighted by Gasteiger charge is -2.08. The second kappa shape index (κ2) is 2.18. The molecule has 0 aromatic heterocycles. The van der Waals surface area contributed by atoms with E-state index in [9.17, 15) is 0 Å². The predicted octanol–water partition coefficient (Wildman–Crippen LogP) is 1.74. The van der Waals surface area contributed by atoms with Crippen molar-refractivity contribution in [3.8, 4) is 5.75 Å². The number of fused-ring (bicyclic) bond motifs is 1. The van der Waals surface area contributed by atoms with Gasteiger partial charge in [-0.1, -0.05) is 6.07 Å². The van der Waals surface area contributed by atoms with Crippen molar-refractivity contribution in [3.05, 3.63) is 42.2 Å². The summed E-state index contributed by atoms with van der Waals surface area (Å²) in [4.78, 5) is 0. The maximum Gasteiger partial charge on any atom is 0.165 e. The molecular weight excluding hydrogens is 124 g/mol. The fourth-order valence-corrected chi connectivity index (χ4v) is 0.967. The Labute approximate surface area is 59.9 Å². The van der Waals surface area contributed by atoms with Gasteiger partial charge in [-0.15, -0.1) is 0 Å². The molecule has 0 fully saturated rings. The molecule has 1 aromatic carbocycles. The number of hydrogen-bond donors (Lipinski definition) is 0. The Balaban J connectivity index is 2.47. The number of allylic oxidation sites excluding steroid dienone is 1. The standard InChI is InChI=1S/C9H6O/c1-2-6-9-8(4-1)5-3-7-10-9/h2-4,6H,5H2. The molecule has 1 aliphatic rings. The van der Waals surface area contributed by atoms with E-state index in [1.165, 1.54) is 5.56 Å². The monoisotopic (exact) mass is 130 g/mol. The van der Waals surface area contributed by atoms with Gasteiger partial charge in [0.15, 0.2) is 6.26 Å². The number of benzene rings is 1. The molecule has 0 unspecified atom stereocenters. The molecule has 0 bridgehead atoms. The van der Waals surface area contributed by atoms with E-state index in [4.69, 9.17) is 4.74 Å². The molecule has 2 rings (SSSR count). The SMILES string of the molecule is [C]1=CCc2c[c]ccc2O1. The third kappa shape index (κ3) is 0.798. The van der Waals surface area contributed by atoms with Gasteiger partial charge in [0.2, 0.25) is 0 Å². The molecule has 1 aliphatic heterocycles. The highest BCUT2D eigenvalue weighted by Gasteiger charge is 2.03. The van der Waals surface area contributed by atoms with E-state index in [2.05, 4.69) is 12.3 Å². The molecule has 48 valence electrons. The Bertz CT molecular complexity index is 236. The lowest BCUT2D eigenvalue weighted by atomic mass is 10.1. The van der Waals surface area contributed by atoms with E-state index in [1.807, 2.05) is 24.3 Å². The highest BCUT2D eigenvalue weighted by Crippen LogP contribution is 2.21. The molecule has 0 N–H and O–H groups in total. The quantitative estimate of drug-likeness (QED) is 0.519. The van der Waals surface area contributed by atoms with Crippen LogP contribution in [0.3, 0.4) is 0 Å². The van der Waals surface area contributed by atoms with Gasteiger partial charge in [0.1, 0.15) is 5.75 Å². The molecule has 2 radical (unpaired) electrons. The molecule has 1 heterocycles. The van der Waals surface area contributed by atoms with Crippen LogP contribution in [0.4, 0.5) is 0 Å². The number of hydrogen-bond acceptors (Lipinski definition) is 1. The van der Waals surface area contributed by atoms with Crippen LogP contribution in [-0.4, -0.2) is 0 Å². The minimum absolute atomic E-state index is 0.904. The van der Waals surface area contributed by atoms with Crippen molar-refractivity contribution in [2.24, 2.45) is 0 Å². The zero-order valence-electron chi connectivity index (χ0n) is 5.42. The summed E-state index contributed by atoms with van der Waals surface area (Å²) in [6.07, 6.45) is 5.48. The minimum atomic E-state index is 0.904. The molecule has 0 atom stereocenters. The van der Waals surface area contributed by atoms with E-state index in [0.29, 0.717) is 0 Å². The van der Waals surface area contributed by atoms with Crippen molar-refractivity contribution in [1.82, 2.24) is 0 Å². The second-order valence-electron chi connectivity index (χ2n) is 2.16. The highest BCUT2D eigenvalue weighted by molar-refractivity contribution is 5.35.